The number of imidazole rings is 1. The first-order chi connectivity index (χ1) is 43.0. The number of nitrogens with one attached hydrogen (secondary N) is 15. The molecule has 3 heterocycles. The Bertz CT molecular complexity index is 3320. The number of carbonyl (C=O) groups excluding carboxylic acids is 10. The minimum atomic E-state index is -1.53. The number of amides is 10. The molecule has 0 radical (unpaired) electrons. The lowest BCUT2D eigenvalue weighted by Gasteiger charge is -2.27. The van der Waals surface area contributed by atoms with E-state index in [9.17, 15) is 53.1 Å². The molecule has 1 aliphatic heterocycles. The summed E-state index contributed by atoms with van der Waals surface area (Å²) in [5.41, 5.74) is 19.7. The molecular weight excluding hydrogens is 1200 g/mol. The van der Waals surface area contributed by atoms with Gasteiger partial charge < -0.3 is 90.8 Å². The lowest BCUT2D eigenvalue weighted by atomic mass is 10.0. The highest BCUT2D eigenvalue weighted by Gasteiger charge is 2.36. The van der Waals surface area contributed by atoms with E-state index in [1.165, 1.54) is 38.5 Å². The fourth-order valence-electron chi connectivity index (χ4n) is 9.45. The van der Waals surface area contributed by atoms with Crippen LogP contribution in [0.2, 0.25) is 0 Å². The molecule has 9 atom stereocenters. The van der Waals surface area contributed by atoms with Crippen LogP contribution in [-0.2, 0) is 73.6 Å². The third kappa shape index (κ3) is 22.4. The van der Waals surface area contributed by atoms with Crippen LogP contribution in [0.3, 0.4) is 0 Å². The normalized spacial score (nSPS) is 20.6. The molecule has 3 aromatic carbocycles. The molecule has 30 nitrogen and oxygen atoms in total. The number of nitrogens with zero attached hydrogens (tertiary/aromatic N) is 1. The minimum absolute atomic E-state index is 0.0386. The van der Waals surface area contributed by atoms with Crippen molar-refractivity contribution in [2.45, 2.75) is 120 Å². The molecule has 0 aliphatic carbocycles. The lowest BCUT2D eigenvalue weighted by Crippen LogP contribution is -2.61. The van der Waals surface area contributed by atoms with Crippen molar-refractivity contribution in [1.82, 2.24) is 73.4 Å². The summed E-state index contributed by atoms with van der Waals surface area (Å²) in [5, 5.41) is 55.2. The number of hydrogen-bond donors (Lipinski definition) is 19. The second-order valence-corrected chi connectivity index (χ2v) is 23.8. The highest BCUT2D eigenvalue weighted by atomic mass is 33.1. The number of benzene rings is 3. The number of aromatic nitrogens is 3. The molecule has 1 aliphatic rings. The second-order valence-electron chi connectivity index (χ2n) is 21.2. The van der Waals surface area contributed by atoms with Gasteiger partial charge in [-0.15, -0.1) is 0 Å². The van der Waals surface area contributed by atoms with Gasteiger partial charge in [0.05, 0.1) is 12.0 Å². The van der Waals surface area contributed by atoms with Gasteiger partial charge >= 0.3 is 0 Å². The van der Waals surface area contributed by atoms with Crippen molar-refractivity contribution in [1.29, 1.82) is 10.8 Å². The molecule has 1 saturated heterocycles. The standard InChI is InChI=1S/C58H77N19O11S2/c1-31-49(81)73-45(25-36-27-64-30-68-36)55(87)74-43(22-33-10-4-3-5-11-33)53(85)72-40(14-8-20-65-57(60)61)50(82)75-44(24-35-26-67-39-13-7-6-12-38(35)39)54(86)76-46(48(59)80)28-89-90-29-47(56(88)69-31)77-51(83)41(15-9-21-66-58(62)63)71-52(84)42(70-32(2)78)23-34-16-18-37(79)19-17-34/h3-7,10-13,16-19,26-27,30-31,40-47,67,79H,8-9,14-15,20-25,28-29H2,1-2H3,(H2,59,80)(H,64,68)(H,69,88)(H,70,78)(H,71,84)(H,72,85)(H,73,81)(H,74,87)(H,75,82)(H,76,86)(H,77,83)(H4,60,61,65)(H4,62,63,66)/t31-,40+,41+,42+,43-,44+,45+,46+,47+/m1/s1. The summed E-state index contributed by atoms with van der Waals surface area (Å²) < 4.78 is 0. The van der Waals surface area contributed by atoms with E-state index in [-0.39, 0.29) is 93.6 Å². The molecule has 0 unspecified atom stereocenters. The van der Waals surface area contributed by atoms with Crippen molar-refractivity contribution in [3.8, 4) is 5.75 Å². The number of phenolic OH excluding ortho intramolecular Hbond substituents is 1. The van der Waals surface area contributed by atoms with E-state index >= 15 is 0 Å². The van der Waals surface area contributed by atoms with Crippen molar-refractivity contribution < 1.29 is 53.1 Å². The van der Waals surface area contributed by atoms with Gasteiger partial charge in [0.2, 0.25) is 59.1 Å². The van der Waals surface area contributed by atoms with Crippen LogP contribution >= 0.6 is 21.6 Å². The fourth-order valence-corrected chi connectivity index (χ4v) is 11.8. The van der Waals surface area contributed by atoms with Crippen LogP contribution in [0.25, 0.3) is 10.9 Å². The molecule has 0 spiro atoms. The van der Waals surface area contributed by atoms with Crippen LogP contribution in [0.15, 0.2) is 97.6 Å². The maximum Gasteiger partial charge on any atom is 0.244 e. The number of rotatable bonds is 22. The number of H-pyrrole nitrogens is 2. The summed E-state index contributed by atoms with van der Waals surface area (Å²) >= 11 is 0. The molecule has 6 rings (SSSR count). The van der Waals surface area contributed by atoms with Gasteiger partial charge in [0, 0.05) is 80.5 Å². The summed E-state index contributed by atoms with van der Waals surface area (Å²) in [6, 6.07) is 8.95. The van der Waals surface area contributed by atoms with Crippen LogP contribution in [0.5, 0.6) is 5.75 Å². The summed E-state index contributed by atoms with van der Waals surface area (Å²) in [6.07, 6.45) is 4.03. The number of fused-ring (bicyclic) bond motifs is 1. The Kier molecular flexibility index (Phi) is 26.6. The largest absolute Gasteiger partial charge is 0.508 e. The molecular formula is C58H77N19O11S2. The van der Waals surface area contributed by atoms with Gasteiger partial charge in [-0.25, -0.2) is 4.98 Å². The number of aromatic amines is 2. The number of primary amides is 1. The van der Waals surface area contributed by atoms with Crippen molar-refractivity contribution in [2.24, 2.45) is 17.2 Å². The van der Waals surface area contributed by atoms with Crippen molar-refractivity contribution >= 4 is 103 Å². The molecule has 2 aromatic heterocycles. The molecule has 0 saturated carbocycles. The van der Waals surface area contributed by atoms with E-state index in [1.807, 2.05) is 12.1 Å². The topological polar surface area (TPSA) is 493 Å². The highest BCUT2D eigenvalue weighted by molar-refractivity contribution is 8.76. The molecule has 90 heavy (non-hydrogen) atoms. The Morgan fingerprint density at radius 2 is 1.24 bits per heavy atom. The van der Waals surface area contributed by atoms with Crippen LogP contribution in [-0.4, -0.2) is 170 Å². The number of phenols is 1. The number of guanidine groups is 2. The molecule has 5 aromatic rings. The van der Waals surface area contributed by atoms with Crippen molar-refractivity contribution in [2.75, 3.05) is 24.6 Å². The van der Waals surface area contributed by atoms with Gasteiger partial charge in [-0.2, -0.15) is 0 Å². The van der Waals surface area contributed by atoms with E-state index in [2.05, 4.69) is 73.4 Å². The monoisotopic (exact) mass is 1280 g/mol. The molecule has 22 N–H and O–H groups in total. The number of hydrogen-bond acceptors (Lipinski definition) is 16. The first kappa shape index (κ1) is 69.3. The zero-order valence-corrected chi connectivity index (χ0v) is 51.1. The second kappa shape index (κ2) is 34.6. The van der Waals surface area contributed by atoms with E-state index in [1.54, 1.807) is 60.8 Å². The van der Waals surface area contributed by atoms with E-state index in [4.69, 9.17) is 28.0 Å². The Balaban J connectivity index is 1.37. The van der Waals surface area contributed by atoms with Gasteiger partial charge in [0.25, 0.3) is 0 Å². The van der Waals surface area contributed by atoms with Crippen LogP contribution in [0.4, 0.5) is 0 Å². The van der Waals surface area contributed by atoms with Crippen molar-refractivity contribution in [3.05, 3.63) is 120 Å². The number of nitrogens with two attached hydrogens (primary N) is 3. The minimum Gasteiger partial charge on any atom is -0.508 e. The van der Waals surface area contributed by atoms with Gasteiger partial charge in [-0.05, 0) is 67.5 Å². The smallest absolute Gasteiger partial charge is 0.244 e. The Morgan fingerprint density at radius 3 is 1.90 bits per heavy atom. The summed E-state index contributed by atoms with van der Waals surface area (Å²) in [7, 11) is 1.91. The third-order valence-electron chi connectivity index (χ3n) is 14.2. The maximum atomic E-state index is 14.8. The van der Waals surface area contributed by atoms with Gasteiger partial charge in [-0.3, -0.25) is 58.8 Å². The van der Waals surface area contributed by atoms with Crippen LogP contribution in [0, 0.1) is 10.8 Å². The summed E-state index contributed by atoms with van der Waals surface area (Å²) in [5.74, 6) is -9.77. The first-order valence-corrected chi connectivity index (χ1v) is 31.3. The zero-order chi connectivity index (χ0) is 65.3. The first-order valence-electron chi connectivity index (χ1n) is 28.8. The Morgan fingerprint density at radius 1 is 0.644 bits per heavy atom. The highest BCUT2D eigenvalue weighted by Crippen LogP contribution is 2.24. The van der Waals surface area contributed by atoms with E-state index in [0.717, 1.165) is 27.1 Å². The quantitative estimate of drug-likeness (QED) is 0.0150. The average Bonchev–Trinajstić information content (AvgIpc) is 1.88. The number of carbonyl (C=O) groups is 10. The molecule has 0 bridgehead atoms. The Hall–Kier alpha value is -9.85. The summed E-state index contributed by atoms with van der Waals surface area (Å²) in [4.78, 5) is 152. The molecule has 10 amide bonds. The van der Waals surface area contributed by atoms with Crippen molar-refractivity contribution in [3.63, 3.8) is 0 Å². The average molecular weight is 1280 g/mol. The van der Waals surface area contributed by atoms with Crippen LogP contribution in [0.1, 0.15) is 61.9 Å². The van der Waals surface area contributed by atoms with Gasteiger partial charge in [0.15, 0.2) is 11.9 Å². The number of para-hydroxylation sites is 1. The van der Waals surface area contributed by atoms with Crippen LogP contribution < -0.4 is 75.7 Å². The zero-order valence-electron chi connectivity index (χ0n) is 49.4. The van der Waals surface area contributed by atoms with Gasteiger partial charge in [0.1, 0.15) is 60.1 Å². The summed E-state index contributed by atoms with van der Waals surface area (Å²) in [6.45, 7) is 2.69. The SMILES string of the molecule is CC(=O)N[C@@H](Cc1ccc(O)cc1)C(=O)N[C@@H](CCCNC(=N)N)C(=O)N[C@H]1CSSC[C@@H](C(N)=O)NC(=O)[C@H](Cc2c[nH]c3ccccc23)NC(=O)[C@H](CCCNC(=N)N)NC(=O)[C@@H](Cc2ccccc2)NC(=O)[C@H](Cc2c[nH]cn2)NC(=O)[C@@H](C)NC1=O. The molecule has 482 valence electrons. The fraction of sp³-hybridized carbons (Fsp3) is 0.397. The molecule has 1 fully saturated rings. The van der Waals surface area contributed by atoms with E-state index in [0.29, 0.717) is 27.8 Å². The Labute approximate surface area is 525 Å². The predicted octanol–water partition coefficient (Wildman–Crippen LogP) is -2.32. The number of aromatic hydroxyl groups is 1. The van der Waals surface area contributed by atoms with Gasteiger partial charge in [-0.1, -0.05) is 82.3 Å². The molecule has 32 heteroatoms. The third-order valence-corrected chi connectivity index (χ3v) is 16.6. The predicted molar refractivity (Wildman–Crippen MR) is 337 cm³/mol. The van der Waals surface area contributed by atoms with E-state index < -0.39 is 113 Å². The maximum absolute atomic E-state index is 14.8. The lowest BCUT2D eigenvalue weighted by molar-refractivity contribution is -0.135.